The molecular formula is C23H14F2N2O3. The second kappa shape index (κ2) is 6.88. The minimum Gasteiger partial charge on any atom is -0.450 e. The van der Waals surface area contributed by atoms with Crippen molar-refractivity contribution < 1.29 is 18.0 Å². The van der Waals surface area contributed by atoms with Crippen molar-refractivity contribution in [3.05, 3.63) is 111 Å². The topological polar surface area (TPSA) is 63.4 Å². The zero-order valence-electron chi connectivity index (χ0n) is 15.5. The summed E-state index contributed by atoms with van der Waals surface area (Å²) in [6.45, 7) is 0.0972. The van der Waals surface area contributed by atoms with Crippen LogP contribution in [0.3, 0.4) is 0 Å². The Bertz CT molecular complexity index is 1350. The number of hydrogen-bond acceptors (Lipinski definition) is 4. The molecule has 0 N–H and O–H groups in total. The molecule has 0 bridgehead atoms. The summed E-state index contributed by atoms with van der Waals surface area (Å²) in [5, 5.41) is 0.00566. The third kappa shape index (κ3) is 2.78. The Kier molecular flexibility index (Phi) is 4.17. The highest BCUT2D eigenvalue weighted by atomic mass is 19.1. The third-order valence-electron chi connectivity index (χ3n) is 5.20. The summed E-state index contributed by atoms with van der Waals surface area (Å²) < 4.78 is 34.2. The van der Waals surface area contributed by atoms with Gasteiger partial charge < -0.3 is 9.32 Å². The molecule has 1 atom stereocenters. The summed E-state index contributed by atoms with van der Waals surface area (Å²) in [4.78, 5) is 31.9. The van der Waals surface area contributed by atoms with Gasteiger partial charge in [0.15, 0.2) is 5.43 Å². The van der Waals surface area contributed by atoms with Gasteiger partial charge in [-0.1, -0.05) is 24.3 Å². The van der Waals surface area contributed by atoms with Crippen LogP contribution in [0.15, 0.2) is 76.2 Å². The van der Waals surface area contributed by atoms with Crippen molar-refractivity contribution in [1.29, 1.82) is 0 Å². The Balaban J connectivity index is 1.77. The van der Waals surface area contributed by atoms with E-state index in [2.05, 4.69) is 4.98 Å². The number of carbonyl (C=O) groups excluding carboxylic acids is 1. The van der Waals surface area contributed by atoms with E-state index in [1.54, 1.807) is 30.6 Å². The van der Waals surface area contributed by atoms with E-state index in [1.807, 2.05) is 0 Å². The molecule has 3 heterocycles. The number of nitrogens with zero attached hydrogens (tertiary/aromatic N) is 2. The number of hydrogen-bond donors (Lipinski definition) is 0. The largest absolute Gasteiger partial charge is 0.450 e. The van der Waals surface area contributed by atoms with Crippen molar-refractivity contribution in [3.63, 3.8) is 0 Å². The van der Waals surface area contributed by atoms with Crippen molar-refractivity contribution in [3.8, 4) is 0 Å². The molecule has 1 amide bonds. The van der Waals surface area contributed by atoms with Crippen LogP contribution in [0.1, 0.15) is 33.3 Å². The van der Waals surface area contributed by atoms with Crippen LogP contribution in [0.2, 0.25) is 0 Å². The van der Waals surface area contributed by atoms with Crippen LogP contribution in [0, 0.1) is 11.6 Å². The molecule has 1 unspecified atom stereocenters. The number of benzene rings is 2. The summed E-state index contributed by atoms with van der Waals surface area (Å²) >= 11 is 0. The number of halogens is 2. The van der Waals surface area contributed by atoms with Gasteiger partial charge in [0, 0.05) is 24.5 Å². The second-order valence-electron chi connectivity index (χ2n) is 7.03. The molecule has 7 heteroatoms. The number of aromatic nitrogens is 1. The zero-order valence-corrected chi connectivity index (χ0v) is 15.5. The molecule has 2 aromatic carbocycles. The van der Waals surface area contributed by atoms with E-state index in [9.17, 15) is 18.4 Å². The SMILES string of the molecule is O=C1c2oc3ccc(F)cc3c(=O)c2C(c2ccccc2F)N1Cc1cccnc1. The highest BCUT2D eigenvalue weighted by Crippen LogP contribution is 2.39. The van der Waals surface area contributed by atoms with Gasteiger partial charge >= 0.3 is 0 Å². The first-order valence-electron chi connectivity index (χ1n) is 9.25. The van der Waals surface area contributed by atoms with E-state index in [1.165, 1.54) is 29.2 Å². The van der Waals surface area contributed by atoms with E-state index in [4.69, 9.17) is 4.42 Å². The third-order valence-corrected chi connectivity index (χ3v) is 5.20. The molecule has 5 rings (SSSR count). The van der Waals surface area contributed by atoms with E-state index in [0.717, 1.165) is 12.1 Å². The van der Waals surface area contributed by atoms with Gasteiger partial charge in [0.2, 0.25) is 5.76 Å². The van der Waals surface area contributed by atoms with Crippen molar-refractivity contribution >= 4 is 16.9 Å². The maximum atomic E-state index is 14.7. The van der Waals surface area contributed by atoms with Crippen LogP contribution in [0.25, 0.3) is 11.0 Å². The minimum atomic E-state index is -1.00. The Hall–Kier alpha value is -3.87. The summed E-state index contributed by atoms with van der Waals surface area (Å²) in [5.41, 5.74) is 0.428. The lowest BCUT2D eigenvalue weighted by molar-refractivity contribution is 0.0712. The number of rotatable bonds is 3. The van der Waals surface area contributed by atoms with Crippen molar-refractivity contribution in [1.82, 2.24) is 9.88 Å². The summed E-state index contributed by atoms with van der Waals surface area (Å²) in [6, 6.07) is 12.0. The van der Waals surface area contributed by atoms with E-state index in [-0.39, 0.29) is 34.4 Å². The Morgan fingerprint density at radius 2 is 1.87 bits per heavy atom. The fraction of sp³-hybridized carbons (Fsp3) is 0.0870. The van der Waals surface area contributed by atoms with Gasteiger partial charge in [-0.3, -0.25) is 14.6 Å². The van der Waals surface area contributed by atoms with E-state index in [0.29, 0.717) is 5.56 Å². The van der Waals surface area contributed by atoms with Gasteiger partial charge in [-0.15, -0.1) is 0 Å². The molecular weight excluding hydrogens is 390 g/mol. The summed E-state index contributed by atoms with van der Waals surface area (Å²) in [6.07, 6.45) is 3.19. The van der Waals surface area contributed by atoms with Crippen LogP contribution in [0.5, 0.6) is 0 Å². The highest BCUT2D eigenvalue weighted by Gasteiger charge is 2.43. The van der Waals surface area contributed by atoms with Gasteiger partial charge in [-0.25, -0.2) is 8.78 Å². The monoisotopic (exact) mass is 404 g/mol. The van der Waals surface area contributed by atoms with Crippen LogP contribution < -0.4 is 5.43 Å². The number of pyridine rings is 1. The van der Waals surface area contributed by atoms with Crippen LogP contribution in [-0.4, -0.2) is 15.8 Å². The van der Waals surface area contributed by atoms with Crippen LogP contribution >= 0.6 is 0 Å². The first-order valence-corrected chi connectivity index (χ1v) is 9.25. The Morgan fingerprint density at radius 1 is 1.03 bits per heavy atom. The lowest BCUT2D eigenvalue weighted by Crippen LogP contribution is -2.29. The molecule has 4 aromatic rings. The molecule has 1 aliphatic rings. The van der Waals surface area contributed by atoms with Crippen LogP contribution in [0.4, 0.5) is 8.78 Å². The average Bonchev–Trinajstić information content (AvgIpc) is 3.02. The molecule has 30 heavy (non-hydrogen) atoms. The van der Waals surface area contributed by atoms with Gasteiger partial charge in [0.25, 0.3) is 5.91 Å². The Labute approximate surface area is 169 Å². The standard InChI is InChI=1S/C23H14F2N2O3/c24-14-7-8-18-16(10-14)21(28)19-20(15-5-1-2-6-17(15)25)27(23(29)22(19)30-18)12-13-4-3-9-26-11-13/h1-11,20H,12H2. The Morgan fingerprint density at radius 3 is 2.63 bits per heavy atom. The second-order valence-corrected chi connectivity index (χ2v) is 7.03. The summed E-state index contributed by atoms with van der Waals surface area (Å²) in [7, 11) is 0. The zero-order chi connectivity index (χ0) is 20.8. The predicted octanol–water partition coefficient (Wildman–Crippen LogP) is 4.21. The number of carbonyl (C=O) groups is 1. The van der Waals surface area contributed by atoms with Gasteiger partial charge in [-0.2, -0.15) is 0 Å². The fourth-order valence-electron chi connectivity index (χ4n) is 3.86. The molecule has 0 saturated carbocycles. The molecule has 5 nitrogen and oxygen atoms in total. The summed E-state index contributed by atoms with van der Waals surface area (Å²) in [5.74, 6) is -1.85. The molecule has 0 spiro atoms. The van der Waals surface area contributed by atoms with Crippen molar-refractivity contribution in [2.45, 2.75) is 12.6 Å². The molecule has 0 saturated heterocycles. The first kappa shape index (κ1) is 18.2. The highest BCUT2D eigenvalue weighted by molar-refractivity contribution is 5.99. The molecule has 0 fully saturated rings. The van der Waals surface area contributed by atoms with Gasteiger partial charge in [-0.05, 0) is 35.9 Å². The fourth-order valence-corrected chi connectivity index (χ4v) is 3.86. The molecule has 0 radical (unpaired) electrons. The van der Waals surface area contributed by atoms with E-state index < -0.39 is 29.0 Å². The average molecular weight is 404 g/mol. The van der Waals surface area contributed by atoms with Crippen LogP contribution in [-0.2, 0) is 6.54 Å². The smallest absolute Gasteiger partial charge is 0.291 e. The van der Waals surface area contributed by atoms with Crippen molar-refractivity contribution in [2.24, 2.45) is 0 Å². The maximum absolute atomic E-state index is 14.7. The predicted molar refractivity (Wildman–Crippen MR) is 105 cm³/mol. The van der Waals surface area contributed by atoms with Gasteiger partial charge in [0.05, 0.1) is 17.0 Å². The minimum absolute atomic E-state index is 0.00566. The lowest BCUT2D eigenvalue weighted by Gasteiger charge is -2.25. The maximum Gasteiger partial charge on any atom is 0.291 e. The number of fused-ring (bicyclic) bond motifs is 2. The van der Waals surface area contributed by atoms with Gasteiger partial charge in [0.1, 0.15) is 17.2 Å². The van der Waals surface area contributed by atoms with Crippen molar-refractivity contribution in [2.75, 3.05) is 0 Å². The lowest BCUT2D eigenvalue weighted by atomic mass is 9.98. The van der Waals surface area contributed by atoms with E-state index >= 15 is 0 Å². The molecule has 1 aliphatic heterocycles. The first-order chi connectivity index (χ1) is 14.5. The quantitative estimate of drug-likeness (QED) is 0.513. The molecule has 148 valence electrons. The normalized spacial score (nSPS) is 15.6. The molecule has 0 aliphatic carbocycles. The molecule has 2 aromatic heterocycles. The number of amides is 1.